The van der Waals surface area contributed by atoms with Crippen LogP contribution in [0.2, 0.25) is 0 Å². The van der Waals surface area contributed by atoms with Crippen LogP contribution in [0.1, 0.15) is 39.0 Å². The SMILES string of the molecule is C[C@H]1C[C@H](OCC2CCC(O)C2)C1. The van der Waals surface area contributed by atoms with Crippen molar-refractivity contribution >= 4 is 0 Å². The Balaban J connectivity index is 1.58. The Hall–Kier alpha value is -0.0800. The van der Waals surface area contributed by atoms with E-state index in [9.17, 15) is 5.11 Å². The van der Waals surface area contributed by atoms with Crippen LogP contribution >= 0.6 is 0 Å². The van der Waals surface area contributed by atoms with E-state index < -0.39 is 0 Å². The third-order valence-electron chi connectivity index (χ3n) is 3.41. The molecule has 2 nitrogen and oxygen atoms in total. The summed E-state index contributed by atoms with van der Waals surface area (Å²) in [6.07, 6.45) is 6.08. The van der Waals surface area contributed by atoms with Crippen LogP contribution < -0.4 is 0 Å². The monoisotopic (exact) mass is 184 g/mol. The highest BCUT2D eigenvalue weighted by molar-refractivity contribution is 4.79. The van der Waals surface area contributed by atoms with Gasteiger partial charge in [0.15, 0.2) is 0 Å². The van der Waals surface area contributed by atoms with Crippen LogP contribution in [0, 0.1) is 11.8 Å². The second kappa shape index (κ2) is 3.97. The predicted octanol–water partition coefficient (Wildman–Crippen LogP) is 1.96. The van der Waals surface area contributed by atoms with Gasteiger partial charge in [0.05, 0.1) is 12.2 Å². The summed E-state index contributed by atoms with van der Waals surface area (Å²) in [4.78, 5) is 0. The van der Waals surface area contributed by atoms with Crippen LogP contribution in [-0.2, 0) is 4.74 Å². The molecule has 76 valence electrons. The first-order chi connectivity index (χ1) is 6.24. The molecule has 2 unspecified atom stereocenters. The zero-order chi connectivity index (χ0) is 9.26. The lowest BCUT2D eigenvalue weighted by Crippen LogP contribution is -2.30. The Morgan fingerprint density at radius 3 is 2.54 bits per heavy atom. The molecule has 0 spiro atoms. The Labute approximate surface area is 80.3 Å². The summed E-state index contributed by atoms with van der Waals surface area (Å²) in [5.41, 5.74) is 0. The normalized spacial score (nSPS) is 44.8. The number of aliphatic hydroxyl groups excluding tert-OH is 1. The summed E-state index contributed by atoms with van der Waals surface area (Å²) in [5, 5.41) is 9.32. The molecule has 0 aromatic heterocycles. The topological polar surface area (TPSA) is 29.5 Å². The molecule has 0 aliphatic heterocycles. The zero-order valence-corrected chi connectivity index (χ0v) is 8.41. The molecule has 2 fully saturated rings. The molecular weight excluding hydrogens is 164 g/mol. The lowest BCUT2D eigenvalue weighted by atomic mass is 9.84. The van der Waals surface area contributed by atoms with E-state index in [1.165, 1.54) is 12.8 Å². The molecule has 0 saturated heterocycles. The van der Waals surface area contributed by atoms with E-state index in [2.05, 4.69) is 6.92 Å². The summed E-state index contributed by atoms with van der Waals surface area (Å²) >= 11 is 0. The maximum Gasteiger partial charge on any atom is 0.0580 e. The van der Waals surface area contributed by atoms with Crippen molar-refractivity contribution in [3.63, 3.8) is 0 Å². The minimum Gasteiger partial charge on any atom is -0.393 e. The third-order valence-corrected chi connectivity index (χ3v) is 3.41. The number of ether oxygens (including phenoxy) is 1. The minimum atomic E-state index is -0.0473. The number of aliphatic hydroxyl groups is 1. The first-order valence-corrected chi connectivity index (χ1v) is 5.53. The molecule has 2 heteroatoms. The van der Waals surface area contributed by atoms with Gasteiger partial charge in [-0.15, -0.1) is 0 Å². The number of hydrogen-bond donors (Lipinski definition) is 1. The Morgan fingerprint density at radius 1 is 1.23 bits per heavy atom. The van der Waals surface area contributed by atoms with Crippen LogP contribution in [0.25, 0.3) is 0 Å². The van der Waals surface area contributed by atoms with Gasteiger partial charge in [0, 0.05) is 6.61 Å². The summed E-state index contributed by atoms with van der Waals surface area (Å²) < 4.78 is 5.77. The zero-order valence-electron chi connectivity index (χ0n) is 8.41. The average Bonchev–Trinajstić information content (AvgIpc) is 2.43. The maximum atomic E-state index is 9.32. The third kappa shape index (κ3) is 2.44. The molecule has 13 heavy (non-hydrogen) atoms. The van der Waals surface area contributed by atoms with E-state index in [-0.39, 0.29) is 6.10 Å². The standard InChI is InChI=1S/C11H20O2/c1-8-4-11(5-8)13-7-9-2-3-10(12)6-9/h8-12H,2-7H2,1H3/t8-,9?,10?,11-. The minimum absolute atomic E-state index is 0.0473. The lowest BCUT2D eigenvalue weighted by molar-refractivity contribution is -0.0406. The van der Waals surface area contributed by atoms with Crippen LogP contribution in [0.3, 0.4) is 0 Å². The largest absolute Gasteiger partial charge is 0.393 e. The van der Waals surface area contributed by atoms with Gasteiger partial charge in [0.2, 0.25) is 0 Å². The van der Waals surface area contributed by atoms with Gasteiger partial charge >= 0.3 is 0 Å². The molecule has 1 N–H and O–H groups in total. The molecule has 2 rings (SSSR count). The highest BCUT2D eigenvalue weighted by atomic mass is 16.5. The van der Waals surface area contributed by atoms with Gasteiger partial charge in [0.1, 0.15) is 0 Å². The fourth-order valence-electron chi connectivity index (χ4n) is 2.44. The van der Waals surface area contributed by atoms with E-state index in [0.29, 0.717) is 12.0 Å². The van der Waals surface area contributed by atoms with Gasteiger partial charge in [-0.05, 0) is 43.9 Å². The van der Waals surface area contributed by atoms with Gasteiger partial charge in [-0.1, -0.05) is 6.92 Å². The smallest absolute Gasteiger partial charge is 0.0580 e. The number of hydrogen-bond acceptors (Lipinski definition) is 2. The molecule has 0 aromatic rings. The van der Waals surface area contributed by atoms with E-state index in [0.717, 1.165) is 31.8 Å². The van der Waals surface area contributed by atoms with Crippen molar-refractivity contribution in [3.8, 4) is 0 Å². The van der Waals surface area contributed by atoms with Gasteiger partial charge < -0.3 is 9.84 Å². The Morgan fingerprint density at radius 2 is 2.00 bits per heavy atom. The highest BCUT2D eigenvalue weighted by Crippen LogP contribution is 2.31. The molecule has 2 aliphatic rings. The maximum absolute atomic E-state index is 9.32. The molecule has 0 aromatic carbocycles. The van der Waals surface area contributed by atoms with Crippen molar-refractivity contribution in [1.29, 1.82) is 0 Å². The van der Waals surface area contributed by atoms with E-state index in [1.807, 2.05) is 0 Å². The van der Waals surface area contributed by atoms with Gasteiger partial charge in [-0.3, -0.25) is 0 Å². The van der Waals surface area contributed by atoms with Crippen molar-refractivity contribution in [3.05, 3.63) is 0 Å². The molecule has 0 bridgehead atoms. The summed E-state index contributed by atoms with van der Waals surface area (Å²) in [7, 11) is 0. The quantitative estimate of drug-likeness (QED) is 0.726. The van der Waals surface area contributed by atoms with Crippen molar-refractivity contribution < 1.29 is 9.84 Å². The van der Waals surface area contributed by atoms with E-state index in [4.69, 9.17) is 4.74 Å². The summed E-state index contributed by atoms with van der Waals surface area (Å²) in [6.45, 7) is 3.16. The Kier molecular flexibility index (Phi) is 2.89. The lowest BCUT2D eigenvalue weighted by Gasteiger charge is -2.33. The van der Waals surface area contributed by atoms with Crippen LogP contribution in [0.15, 0.2) is 0 Å². The van der Waals surface area contributed by atoms with Crippen molar-refractivity contribution in [1.82, 2.24) is 0 Å². The predicted molar refractivity (Wildman–Crippen MR) is 51.5 cm³/mol. The van der Waals surface area contributed by atoms with E-state index in [1.54, 1.807) is 0 Å². The number of rotatable bonds is 3. The average molecular weight is 184 g/mol. The van der Waals surface area contributed by atoms with Crippen LogP contribution in [-0.4, -0.2) is 23.9 Å². The fraction of sp³-hybridized carbons (Fsp3) is 1.00. The van der Waals surface area contributed by atoms with Gasteiger partial charge in [-0.2, -0.15) is 0 Å². The molecule has 0 amide bonds. The first kappa shape index (κ1) is 9.47. The molecular formula is C11H20O2. The first-order valence-electron chi connectivity index (χ1n) is 5.53. The summed E-state index contributed by atoms with van der Waals surface area (Å²) in [5.74, 6) is 1.50. The Bertz CT molecular complexity index is 163. The van der Waals surface area contributed by atoms with Crippen molar-refractivity contribution in [2.75, 3.05) is 6.61 Å². The molecule has 2 atom stereocenters. The van der Waals surface area contributed by atoms with Crippen molar-refractivity contribution in [2.45, 2.75) is 51.2 Å². The molecule has 2 saturated carbocycles. The summed E-state index contributed by atoms with van der Waals surface area (Å²) in [6, 6.07) is 0. The fourth-order valence-corrected chi connectivity index (χ4v) is 2.44. The van der Waals surface area contributed by atoms with Gasteiger partial charge in [-0.25, -0.2) is 0 Å². The second-order valence-corrected chi connectivity index (χ2v) is 4.86. The van der Waals surface area contributed by atoms with E-state index >= 15 is 0 Å². The van der Waals surface area contributed by atoms with Crippen molar-refractivity contribution in [2.24, 2.45) is 11.8 Å². The second-order valence-electron chi connectivity index (χ2n) is 4.86. The molecule has 2 aliphatic carbocycles. The highest BCUT2D eigenvalue weighted by Gasteiger charge is 2.28. The van der Waals surface area contributed by atoms with Crippen LogP contribution in [0.5, 0.6) is 0 Å². The van der Waals surface area contributed by atoms with Crippen LogP contribution in [0.4, 0.5) is 0 Å². The molecule has 0 radical (unpaired) electrons. The molecule has 0 heterocycles. The van der Waals surface area contributed by atoms with Gasteiger partial charge in [0.25, 0.3) is 0 Å².